The molecule has 1 N–H and O–H groups in total. The van der Waals surface area contributed by atoms with Gasteiger partial charge < -0.3 is 5.11 Å². The maximum Gasteiger partial charge on any atom is 0.175 e. The molecular weight excluding hydrogens is 506 g/mol. The number of aliphatic hydroxyl groups excluding tert-OH is 1. The Labute approximate surface area is 218 Å². The predicted octanol–water partition coefficient (Wildman–Crippen LogP) is 4.60. The molecule has 0 fully saturated rings. The summed E-state index contributed by atoms with van der Waals surface area (Å²) < 4.78 is 47.7. The third-order valence-corrected chi connectivity index (χ3v) is 9.50. The van der Waals surface area contributed by atoms with Crippen LogP contribution in [0, 0.1) is 0 Å². The minimum absolute atomic E-state index is 0.0776. The van der Waals surface area contributed by atoms with Gasteiger partial charge in [-0.3, -0.25) is 4.98 Å². The lowest BCUT2D eigenvalue weighted by Crippen LogP contribution is -2.18. The molecule has 0 bridgehead atoms. The standard InChI is InChI=1S/C29H31NO5S2/c1-20(36(2,32)33)14-22-17-25-8-5-13-30-29(25)28(18-22)24-7-4-6-21(15-24)16-26(19-31)23-9-11-27(12-10-23)37(3,34)35/h4-13,15,17-18,20,26,31H,14,16,19H2,1-3H3. The molecule has 2 unspecified atom stereocenters. The molecule has 6 nitrogen and oxygen atoms in total. The first kappa shape index (κ1) is 27.0. The summed E-state index contributed by atoms with van der Waals surface area (Å²) in [5.74, 6) is -0.194. The lowest BCUT2D eigenvalue weighted by molar-refractivity contribution is 0.264. The highest BCUT2D eigenvalue weighted by atomic mass is 32.2. The second kappa shape index (κ2) is 10.7. The van der Waals surface area contributed by atoms with E-state index in [0.29, 0.717) is 12.8 Å². The van der Waals surface area contributed by atoms with E-state index >= 15 is 0 Å². The number of pyridine rings is 1. The molecule has 3 aromatic carbocycles. The number of hydrogen-bond donors (Lipinski definition) is 1. The first-order chi connectivity index (χ1) is 17.5. The van der Waals surface area contributed by atoms with Gasteiger partial charge in [0.2, 0.25) is 0 Å². The SMILES string of the molecule is CC(Cc1cc(-c2cccc(CC(CO)c3ccc(S(C)(=O)=O)cc3)c2)c2ncccc2c1)S(C)(=O)=O. The third kappa shape index (κ3) is 6.44. The van der Waals surface area contributed by atoms with E-state index in [1.165, 1.54) is 12.5 Å². The zero-order valence-electron chi connectivity index (χ0n) is 21.1. The third-order valence-electron chi connectivity index (χ3n) is 6.74. The molecule has 0 aliphatic rings. The molecule has 1 heterocycles. The first-order valence-corrected chi connectivity index (χ1v) is 15.9. The number of rotatable bonds is 9. The van der Waals surface area contributed by atoms with Crippen LogP contribution in [0.25, 0.3) is 22.0 Å². The average molecular weight is 538 g/mol. The van der Waals surface area contributed by atoms with Crippen LogP contribution < -0.4 is 0 Å². The Bertz CT molecular complexity index is 1630. The lowest BCUT2D eigenvalue weighted by Gasteiger charge is -2.17. The van der Waals surface area contributed by atoms with E-state index in [4.69, 9.17) is 0 Å². The fourth-order valence-corrected chi connectivity index (χ4v) is 5.63. The average Bonchev–Trinajstić information content (AvgIpc) is 2.86. The summed E-state index contributed by atoms with van der Waals surface area (Å²) in [4.78, 5) is 4.85. The molecule has 194 valence electrons. The van der Waals surface area contributed by atoms with Crippen LogP contribution in [0.2, 0.25) is 0 Å². The second-order valence-corrected chi connectivity index (χ2v) is 14.2. The smallest absolute Gasteiger partial charge is 0.175 e. The molecule has 0 saturated heterocycles. The van der Waals surface area contributed by atoms with Gasteiger partial charge in [0.1, 0.15) is 9.84 Å². The molecule has 0 radical (unpaired) electrons. The van der Waals surface area contributed by atoms with E-state index in [-0.39, 0.29) is 17.4 Å². The largest absolute Gasteiger partial charge is 0.396 e. The van der Waals surface area contributed by atoms with Crippen molar-refractivity contribution in [3.8, 4) is 11.1 Å². The summed E-state index contributed by atoms with van der Waals surface area (Å²) in [7, 11) is -6.45. The highest BCUT2D eigenvalue weighted by molar-refractivity contribution is 7.91. The highest BCUT2D eigenvalue weighted by Gasteiger charge is 2.18. The van der Waals surface area contributed by atoms with Crippen LogP contribution in [-0.2, 0) is 32.5 Å². The summed E-state index contributed by atoms with van der Waals surface area (Å²) in [5, 5.41) is 10.6. The van der Waals surface area contributed by atoms with E-state index in [9.17, 15) is 21.9 Å². The van der Waals surface area contributed by atoms with Crippen molar-refractivity contribution in [1.29, 1.82) is 0 Å². The Kier molecular flexibility index (Phi) is 7.83. The molecule has 4 rings (SSSR count). The normalized spacial score (nSPS) is 13.9. The maximum atomic E-state index is 12.1. The van der Waals surface area contributed by atoms with Crippen molar-refractivity contribution in [3.63, 3.8) is 0 Å². The molecule has 0 saturated carbocycles. The topological polar surface area (TPSA) is 101 Å². The molecule has 2 atom stereocenters. The van der Waals surface area contributed by atoms with Gasteiger partial charge in [0.05, 0.1) is 22.3 Å². The van der Waals surface area contributed by atoms with Gasteiger partial charge in [-0.15, -0.1) is 0 Å². The number of sulfone groups is 2. The lowest BCUT2D eigenvalue weighted by atomic mass is 9.90. The Balaban J connectivity index is 1.68. The molecule has 8 heteroatoms. The number of nitrogens with zero attached hydrogens (tertiary/aromatic N) is 1. The molecule has 4 aromatic rings. The fourth-order valence-electron chi connectivity index (χ4n) is 4.50. The molecule has 1 aromatic heterocycles. The maximum absolute atomic E-state index is 12.1. The van der Waals surface area contributed by atoms with Gasteiger partial charge in [0.25, 0.3) is 0 Å². The van der Waals surface area contributed by atoms with Gasteiger partial charge in [0.15, 0.2) is 9.84 Å². The van der Waals surface area contributed by atoms with Crippen LogP contribution in [0.1, 0.15) is 29.5 Å². The van der Waals surface area contributed by atoms with Gasteiger partial charge in [0, 0.05) is 35.6 Å². The molecule has 0 aliphatic heterocycles. The quantitative estimate of drug-likeness (QED) is 0.335. The van der Waals surface area contributed by atoms with Crippen LogP contribution in [0.4, 0.5) is 0 Å². The van der Waals surface area contributed by atoms with Gasteiger partial charge in [-0.25, -0.2) is 16.8 Å². The Morgan fingerprint density at radius 3 is 2.22 bits per heavy atom. The zero-order chi connectivity index (χ0) is 26.8. The summed E-state index contributed by atoms with van der Waals surface area (Å²) in [5.41, 5.74) is 5.53. The van der Waals surface area contributed by atoms with E-state index in [1.54, 1.807) is 37.4 Å². The zero-order valence-corrected chi connectivity index (χ0v) is 22.8. The minimum atomic E-state index is -3.29. The number of fused-ring (bicyclic) bond motifs is 1. The van der Waals surface area contributed by atoms with Gasteiger partial charge >= 0.3 is 0 Å². The Morgan fingerprint density at radius 1 is 0.838 bits per heavy atom. The number of benzene rings is 3. The van der Waals surface area contributed by atoms with Crippen molar-refractivity contribution in [3.05, 3.63) is 95.7 Å². The van der Waals surface area contributed by atoms with Crippen molar-refractivity contribution in [1.82, 2.24) is 4.98 Å². The molecule has 37 heavy (non-hydrogen) atoms. The minimum Gasteiger partial charge on any atom is -0.396 e. The summed E-state index contributed by atoms with van der Waals surface area (Å²) >= 11 is 0. The van der Waals surface area contributed by atoms with Gasteiger partial charge in [-0.1, -0.05) is 42.5 Å². The summed E-state index contributed by atoms with van der Waals surface area (Å²) in [6.07, 6.45) is 5.16. The second-order valence-electron chi connectivity index (χ2n) is 9.69. The molecule has 0 aliphatic carbocycles. The number of aromatic nitrogens is 1. The van der Waals surface area contributed by atoms with Crippen molar-refractivity contribution < 1.29 is 21.9 Å². The van der Waals surface area contributed by atoms with E-state index < -0.39 is 24.9 Å². The van der Waals surface area contributed by atoms with Crippen LogP contribution in [0.5, 0.6) is 0 Å². The van der Waals surface area contributed by atoms with Crippen LogP contribution in [0.15, 0.2) is 83.9 Å². The van der Waals surface area contributed by atoms with Crippen molar-refractivity contribution in [2.75, 3.05) is 19.1 Å². The molecule has 0 amide bonds. The van der Waals surface area contributed by atoms with Crippen molar-refractivity contribution >= 4 is 30.6 Å². The van der Waals surface area contributed by atoms with E-state index in [1.807, 2.05) is 42.5 Å². The fraction of sp³-hybridized carbons (Fsp3) is 0.276. The number of aliphatic hydroxyl groups is 1. The summed E-state index contributed by atoms with van der Waals surface area (Å²) in [6.45, 7) is 1.65. The van der Waals surface area contributed by atoms with E-state index in [2.05, 4.69) is 11.1 Å². The Hall–Kier alpha value is -3.07. The monoisotopic (exact) mass is 537 g/mol. The summed E-state index contributed by atoms with van der Waals surface area (Å²) in [6, 6.07) is 22.6. The highest BCUT2D eigenvalue weighted by Crippen LogP contribution is 2.31. The van der Waals surface area contributed by atoms with Crippen LogP contribution in [-0.4, -0.2) is 51.3 Å². The van der Waals surface area contributed by atoms with Crippen molar-refractivity contribution in [2.45, 2.75) is 35.8 Å². The van der Waals surface area contributed by atoms with Crippen LogP contribution >= 0.6 is 0 Å². The first-order valence-electron chi connectivity index (χ1n) is 12.0. The molecular formula is C29H31NO5S2. The van der Waals surface area contributed by atoms with Gasteiger partial charge in [-0.2, -0.15) is 0 Å². The van der Waals surface area contributed by atoms with Gasteiger partial charge in [-0.05, 0) is 72.4 Å². The van der Waals surface area contributed by atoms with Crippen molar-refractivity contribution in [2.24, 2.45) is 0 Å². The van der Waals surface area contributed by atoms with Crippen LogP contribution in [0.3, 0.4) is 0 Å². The Morgan fingerprint density at radius 2 is 1.57 bits per heavy atom. The molecule has 0 spiro atoms. The number of hydrogen-bond acceptors (Lipinski definition) is 6. The predicted molar refractivity (Wildman–Crippen MR) is 148 cm³/mol. The van der Waals surface area contributed by atoms with E-state index in [0.717, 1.165) is 38.7 Å².